The highest BCUT2D eigenvalue weighted by Crippen LogP contribution is 2.21. The molecule has 0 bridgehead atoms. The van der Waals surface area contributed by atoms with Crippen LogP contribution in [0.2, 0.25) is 0 Å². The van der Waals surface area contributed by atoms with Crippen LogP contribution in [-0.4, -0.2) is 81.4 Å². The van der Waals surface area contributed by atoms with E-state index in [0.717, 1.165) is 16.7 Å². The minimum absolute atomic E-state index is 0.119. The van der Waals surface area contributed by atoms with E-state index in [1.807, 2.05) is 54.6 Å². The van der Waals surface area contributed by atoms with Gasteiger partial charge in [0.25, 0.3) is 0 Å². The molecule has 2 aliphatic heterocycles. The Morgan fingerprint density at radius 3 is 2.22 bits per heavy atom. The molecule has 2 heterocycles. The van der Waals surface area contributed by atoms with Crippen LogP contribution < -0.4 is 16.2 Å². The highest BCUT2D eigenvalue weighted by atomic mass is 16.4. The second-order valence-electron chi connectivity index (χ2n) is 9.75. The van der Waals surface area contributed by atoms with Crippen molar-refractivity contribution in [3.8, 4) is 11.1 Å². The quantitative estimate of drug-likeness (QED) is 0.284. The third-order valence-electron chi connectivity index (χ3n) is 6.98. The molecule has 0 aliphatic carbocycles. The minimum atomic E-state index is -1.62. The van der Waals surface area contributed by atoms with Crippen LogP contribution in [0.3, 0.4) is 0 Å². The molecule has 2 fully saturated rings. The summed E-state index contributed by atoms with van der Waals surface area (Å²) in [6, 6.07) is 15.8. The number of aliphatic carboxylic acids is 1. The standard InChI is InChI=1S/C27H34N4O6/c32-21-10-12-31(13-11-21)26(35)23-16-22(29-30-23)25(34)28-20(15-24(33)27(36)37)14-17-6-8-19(9-7-17)18-4-2-1-3-5-18/h1-9,20-24,29-30,32-33H,10-16H2,(H,28,34)(H,36,37)/t20-,22?,23?,24-/m1/s1. The highest BCUT2D eigenvalue weighted by molar-refractivity contribution is 5.87. The average Bonchev–Trinajstić information content (AvgIpc) is 3.40. The number of benzene rings is 2. The van der Waals surface area contributed by atoms with E-state index in [4.69, 9.17) is 0 Å². The van der Waals surface area contributed by atoms with Crippen LogP contribution >= 0.6 is 0 Å². The summed E-state index contributed by atoms with van der Waals surface area (Å²) in [5.74, 6) is -1.84. The van der Waals surface area contributed by atoms with Gasteiger partial charge in [0.15, 0.2) is 6.10 Å². The van der Waals surface area contributed by atoms with Gasteiger partial charge in [0.1, 0.15) is 12.1 Å². The summed E-state index contributed by atoms with van der Waals surface area (Å²) >= 11 is 0. The lowest BCUT2D eigenvalue weighted by molar-refractivity contribution is -0.147. The molecule has 4 rings (SSSR count). The van der Waals surface area contributed by atoms with Crippen molar-refractivity contribution in [3.63, 3.8) is 0 Å². The van der Waals surface area contributed by atoms with Crippen molar-refractivity contribution < 1.29 is 29.7 Å². The molecule has 10 nitrogen and oxygen atoms in total. The zero-order valence-electron chi connectivity index (χ0n) is 20.5. The molecule has 4 atom stereocenters. The Labute approximate surface area is 215 Å². The van der Waals surface area contributed by atoms with Gasteiger partial charge in [-0.2, -0.15) is 0 Å². The van der Waals surface area contributed by atoms with Crippen LogP contribution in [-0.2, 0) is 20.8 Å². The summed E-state index contributed by atoms with van der Waals surface area (Å²) in [5.41, 5.74) is 8.76. The molecule has 2 unspecified atom stereocenters. The summed E-state index contributed by atoms with van der Waals surface area (Å²) in [6.07, 6.45) is -0.504. The number of rotatable bonds is 9. The zero-order valence-corrected chi connectivity index (χ0v) is 20.5. The van der Waals surface area contributed by atoms with Gasteiger partial charge in [-0.25, -0.2) is 15.6 Å². The number of hydrogen-bond donors (Lipinski definition) is 6. The molecule has 37 heavy (non-hydrogen) atoms. The van der Waals surface area contributed by atoms with E-state index in [9.17, 15) is 29.7 Å². The molecule has 198 valence electrons. The first-order valence-electron chi connectivity index (χ1n) is 12.6. The third kappa shape index (κ3) is 7.14. The van der Waals surface area contributed by atoms with Crippen molar-refractivity contribution in [2.75, 3.05) is 13.1 Å². The fourth-order valence-electron chi connectivity index (χ4n) is 4.81. The maximum Gasteiger partial charge on any atom is 0.332 e. The number of hydrazine groups is 1. The first-order valence-corrected chi connectivity index (χ1v) is 12.6. The Kier molecular flexibility index (Phi) is 8.88. The molecular weight excluding hydrogens is 476 g/mol. The molecule has 0 radical (unpaired) electrons. The van der Waals surface area contributed by atoms with Gasteiger partial charge in [-0.15, -0.1) is 0 Å². The highest BCUT2D eigenvalue weighted by Gasteiger charge is 2.37. The van der Waals surface area contributed by atoms with E-state index >= 15 is 0 Å². The van der Waals surface area contributed by atoms with Crippen LogP contribution in [0.4, 0.5) is 0 Å². The van der Waals surface area contributed by atoms with Gasteiger partial charge in [0.2, 0.25) is 11.8 Å². The average molecular weight is 511 g/mol. The number of nitrogens with one attached hydrogen (secondary N) is 3. The zero-order chi connectivity index (χ0) is 26.4. The number of amides is 2. The van der Waals surface area contributed by atoms with E-state index in [2.05, 4.69) is 16.2 Å². The van der Waals surface area contributed by atoms with Crippen molar-refractivity contribution >= 4 is 17.8 Å². The number of piperidine rings is 1. The molecule has 6 N–H and O–H groups in total. The Bertz CT molecular complexity index is 1070. The number of hydrogen-bond acceptors (Lipinski definition) is 7. The van der Waals surface area contributed by atoms with Gasteiger partial charge in [0, 0.05) is 25.6 Å². The molecule has 2 aromatic carbocycles. The van der Waals surface area contributed by atoms with E-state index in [1.54, 1.807) is 4.90 Å². The van der Waals surface area contributed by atoms with Crippen molar-refractivity contribution in [2.24, 2.45) is 0 Å². The summed E-state index contributed by atoms with van der Waals surface area (Å²) in [6.45, 7) is 0.959. The summed E-state index contributed by atoms with van der Waals surface area (Å²) in [7, 11) is 0. The first kappa shape index (κ1) is 26.7. The van der Waals surface area contributed by atoms with Gasteiger partial charge in [-0.1, -0.05) is 54.6 Å². The second kappa shape index (κ2) is 12.3. The Morgan fingerprint density at radius 1 is 0.946 bits per heavy atom. The van der Waals surface area contributed by atoms with Crippen LogP contribution in [0.1, 0.15) is 31.2 Å². The van der Waals surface area contributed by atoms with Gasteiger partial charge in [-0.05, 0) is 42.4 Å². The normalized spacial score (nSPS) is 21.8. The van der Waals surface area contributed by atoms with Crippen LogP contribution in [0.5, 0.6) is 0 Å². The van der Waals surface area contributed by atoms with Gasteiger partial charge < -0.3 is 25.5 Å². The van der Waals surface area contributed by atoms with Crippen LogP contribution in [0, 0.1) is 0 Å². The predicted molar refractivity (Wildman–Crippen MR) is 136 cm³/mol. The number of likely N-dealkylation sites (tertiary alicyclic amines) is 1. The van der Waals surface area contributed by atoms with E-state index in [0.29, 0.717) is 32.4 Å². The number of nitrogens with zero attached hydrogens (tertiary/aromatic N) is 1. The van der Waals surface area contributed by atoms with E-state index in [-0.39, 0.29) is 30.8 Å². The fraction of sp³-hybridized carbons (Fsp3) is 0.444. The van der Waals surface area contributed by atoms with Crippen molar-refractivity contribution in [1.29, 1.82) is 0 Å². The third-order valence-corrected chi connectivity index (χ3v) is 6.98. The lowest BCUT2D eigenvalue weighted by Gasteiger charge is -2.31. The topological polar surface area (TPSA) is 151 Å². The number of aliphatic hydroxyl groups is 2. The summed E-state index contributed by atoms with van der Waals surface area (Å²) in [4.78, 5) is 38.8. The SMILES string of the molecule is O=C(N[C@H](Cc1ccc(-c2ccccc2)cc1)C[C@@H](O)C(=O)O)C1CC(C(=O)N2CCC(O)CC2)NN1. The summed E-state index contributed by atoms with van der Waals surface area (Å²) < 4.78 is 0. The Balaban J connectivity index is 1.37. The first-order chi connectivity index (χ1) is 17.8. The lowest BCUT2D eigenvalue weighted by atomic mass is 9.97. The van der Waals surface area contributed by atoms with Crippen LogP contribution in [0.15, 0.2) is 54.6 Å². The molecule has 0 spiro atoms. The molecule has 2 saturated heterocycles. The maximum atomic E-state index is 13.0. The molecule has 10 heteroatoms. The van der Waals surface area contributed by atoms with Crippen molar-refractivity contribution in [2.45, 2.75) is 62.4 Å². The Hall–Kier alpha value is -3.31. The predicted octanol–water partition coefficient (Wildman–Crippen LogP) is 0.435. The lowest BCUT2D eigenvalue weighted by Crippen LogP contribution is -2.50. The monoisotopic (exact) mass is 510 g/mol. The van der Waals surface area contributed by atoms with Gasteiger partial charge in [0.05, 0.1) is 6.10 Å². The van der Waals surface area contributed by atoms with Gasteiger partial charge in [-0.3, -0.25) is 9.59 Å². The largest absolute Gasteiger partial charge is 0.479 e. The Morgan fingerprint density at radius 2 is 1.57 bits per heavy atom. The molecule has 2 amide bonds. The van der Waals surface area contributed by atoms with Crippen molar-refractivity contribution in [3.05, 3.63) is 60.2 Å². The van der Waals surface area contributed by atoms with Crippen LogP contribution in [0.25, 0.3) is 11.1 Å². The summed E-state index contributed by atoms with van der Waals surface area (Å²) in [5, 5.41) is 31.7. The number of aliphatic hydroxyl groups excluding tert-OH is 2. The maximum absolute atomic E-state index is 13.0. The molecular formula is C27H34N4O6. The number of carboxylic acids is 1. The van der Waals surface area contributed by atoms with Gasteiger partial charge >= 0.3 is 5.97 Å². The second-order valence-corrected chi connectivity index (χ2v) is 9.75. The van der Waals surface area contributed by atoms with E-state index in [1.165, 1.54) is 0 Å². The smallest absolute Gasteiger partial charge is 0.332 e. The molecule has 2 aliphatic rings. The van der Waals surface area contributed by atoms with E-state index < -0.39 is 30.2 Å². The fourth-order valence-corrected chi connectivity index (χ4v) is 4.81. The molecule has 0 saturated carbocycles. The van der Waals surface area contributed by atoms with Crippen molar-refractivity contribution in [1.82, 2.24) is 21.1 Å². The minimum Gasteiger partial charge on any atom is -0.479 e. The molecule has 2 aromatic rings. The number of carbonyl (C=O) groups excluding carboxylic acids is 2. The number of carboxylic acid groups (broad SMARTS) is 1. The number of carbonyl (C=O) groups is 3. The molecule has 0 aromatic heterocycles.